The molecule has 0 fully saturated rings. The Kier molecular flexibility index (Phi) is 7.66. The predicted octanol–water partition coefficient (Wildman–Crippen LogP) is 4.08. The predicted molar refractivity (Wildman–Crippen MR) is 106 cm³/mol. The minimum Gasteiger partial charge on any atom is -0.338 e. The number of thioether (sulfide) groups is 1. The second-order valence-electron chi connectivity index (χ2n) is 6.64. The normalized spacial score (nSPS) is 12.6. The molecule has 1 amide bonds. The van der Waals surface area contributed by atoms with Gasteiger partial charge < -0.3 is 9.84 Å². The van der Waals surface area contributed by atoms with Crippen LogP contribution in [0.15, 0.2) is 28.8 Å². The first-order chi connectivity index (χ1) is 12.4. The molecule has 26 heavy (non-hydrogen) atoms. The highest BCUT2D eigenvalue weighted by Gasteiger charge is 2.16. The van der Waals surface area contributed by atoms with Crippen LogP contribution in [0.5, 0.6) is 0 Å². The summed E-state index contributed by atoms with van der Waals surface area (Å²) in [6.07, 6.45) is 0. The summed E-state index contributed by atoms with van der Waals surface area (Å²) in [6, 6.07) is 7.95. The summed E-state index contributed by atoms with van der Waals surface area (Å²) in [4.78, 5) is 18.5. The number of benzene rings is 1. The topological polar surface area (TPSA) is 71.3 Å². The molecule has 0 aliphatic heterocycles. The molecule has 1 aromatic heterocycles. The minimum atomic E-state index is -0.0700. The molecule has 1 atom stereocenters. The van der Waals surface area contributed by atoms with Gasteiger partial charge in [0.1, 0.15) is 0 Å². The van der Waals surface area contributed by atoms with Crippen LogP contribution < -0.4 is 5.32 Å². The molecule has 1 N–H and O–H groups in total. The van der Waals surface area contributed by atoms with Gasteiger partial charge >= 0.3 is 0 Å². The van der Waals surface area contributed by atoms with Crippen LogP contribution in [0.4, 0.5) is 5.69 Å². The third-order valence-corrected chi connectivity index (χ3v) is 4.99. The fraction of sp³-hybridized carbons (Fsp3) is 0.526. The molecule has 6 nitrogen and oxygen atoms in total. The molecule has 0 aliphatic rings. The highest BCUT2D eigenvalue weighted by molar-refractivity contribution is 7.99. The Morgan fingerprint density at radius 3 is 2.58 bits per heavy atom. The van der Waals surface area contributed by atoms with Crippen LogP contribution in [0.3, 0.4) is 0 Å². The van der Waals surface area contributed by atoms with E-state index in [1.807, 2.05) is 36.2 Å². The first kappa shape index (κ1) is 20.5. The van der Waals surface area contributed by atoms with Crippen molar-refractivity contribution in [2.75, 3.05) is 24.7 Å². The van der Waals surface area contributed by atoms with Gasteiger partial charge in [-0.2, -0.15) is 16.7 Å². The van der Waals surface area contributed by atoms with E-state index in [0.717, 1.165) is 11.4 Å². The van der Waals surface area contributed by atoms with Gasteiger partial charge in [-0.15, -0.1) is 0 Å². The molecule has 0 aliphatic carbocycles. The summed E-state index contributed by atoms with van der Waals surface area (Å²) in [5, 5.41) is 7.15. The summed E-state index contributed by atoms with van der Waals surface area (Å²) in [7, 11) is 1.86. The van der Waals surface area contributed by atoms with Gasteiger partial charge in [0.25, 0.3) is 0 Å². The zero-order valence-electron chi connectivity index (χ0n) is 16.2. The van der Waals surface area contributed by atoms with Crippen LogP contribution in [0.25, 0.3) is 0 Å². The fourth-order valence-corrected chi connectivity index (χ4v) is 3.25. The zero-order chi connectivity index (χ0) is 19.1. The van der Waals surface area contributed by atoms with E-state index in [0.29, 0.717) is 24.2 Å². The highest BCUT2D eigenvalue weighted by Crippen LogP contribution is 2.25. The SMILES string of the molecule is CCSC(C)c1noc(CN(C)CC(=O)Nc2ccc(C(C)C)cc2)n1. The van der Waals surface area contributed by atoms with Crippen LogP contribution >= 0.6 is 11.8 Å². The summed E-state index contributed by atoms with van der Waals surface area (Å²) in [5.41, 5.74) is 2.06. The monoisotopic (exact) mass is 376 g/mol. The number of rotatable bonds is 9. The van der Waals surface area contributed by atoms with E-state index in [4.69, 9.17) is 4.52 Å². The molecule has 0 spiro atoms. The number of nitrogens with one attached hydrogen (secondary N) is 1. The van der Waals surface area contributed by atoms with Crippen LogP contribution in [0, 0.1) is 0 Å². The maximum Gasteiger partial charge on any atom is 0.240 e. The fourth-order valence-electron chi connectivity index (χ4n) is 2.51. The van der Waals surface area contributed by atoms with Gasteiger partial charge in [0.05, 0.1) is 18.3 Å². The smallest absolute Gasteiger partial charge is 0.240 e. The van der Waals surface area contributed by atoms with E-state index in [2.05, 4.69) is 43.2 Å². The van der Waals surface area contributed by atoms with Gasteiger partial charge in [-0.3, -0.25) is 9.69 Å². The van der Waals surface area contributed by atoms with Crippen LogP contribution in [0.2, 0.25) is 0 Å². The number of aromatic nitrogens is 2. The molecule has 1 heterocycles. The summed E-state index contributed by atoms with van der Waals surface area (Å²) in [6.45, 7) is 9.15. The minimum absolute atomic E-state index is 0.0700. The number of hydrogen-bond acceptors (Lipinski definition) is 6. The first-order valence-corrected chi connectivity index (χ1v) is 9.96. The van der Waals surface area contributed by atoms with Gasteiger partial charge in [0, 0.05) is 5.69 Å². The number of amides is 1. The lowest BCUT2D eigenvalue weighted by molar-refractivity contribution is -0.117. The Hall–Kier alpha value is -1.86. The van der Waals surface area contributed by atoms with Crippen LogP contribution in [0.1, 0.15) is 56.1 Å². The second-order valence-corrected chi connectivity index (χ2v) is 8.26. The van der Waals surface area contributed by atoms with Gasteiger partial charge in [0.2, 0.25) is 11.8 Å². The van der Waals surface area contributed by atoms with Crippen molar-refractivity contribution >= 4 is 23.4 Å². The van der Waals surface area contributed by atoms with E-state index in [-0.39, 0.29) is 17.7 Å². The number of carbonyl (C=O) groups excluding carboxylic acids is 1. The quantitative estimate of drug-likeness (QED) is 0.711. The van der Waals surface area contributed by atoms with Gasteiger partial charge in [-0.25, -0.2) is 0 Å². The standard InChI is InChI=1S/C19H28N4O2S/c1-6-26-14(4)19-21-18(25-22-19)12-23(5)11-17(24)20-16-9-7-15(8-10-16)13(2)3/h7-10,13-14H,6,11-12H2,1-5H3,(H,20,24). The Morgan fingerprint density at radius 2 is 1.96 bits per heavy atom. The second kappa shape index (κ2) is 9.73. The third-order valence-electron chi connectivity index (χ3n) is 3.94. The molecule has 1 aromatic carbocycles. The number of carbonyl (C=O) groups is 1. The maximum absolute atomic E-state index is 12.2. The molecular weight excluding hydrogens is 348 g/mol. The molecule has 0 radical (unpaired) electrons. The molecule has 2 aromatic rings. The lowest BCUT2D eigenvalue weighted by atomic mass is 10.0. The first-order valence-electron chi connectivity index (χ1n) is 8.91. The van der Waals surface area contributed by atoms with Crippen LogP contribution in [-0.2, 0) is 11.3 Å². The van der Waals surface area contributed by atoms with Crippen LogP contribution in [-0.4, -0.2) is 40.3 Å². The Balaban J connectivity index is 1.83. The Morgan fingerprint density at radius 1 is 1.27 bits per heavy atom. The van der Waals surface area contributed by atoms with Gasteiger partial charge in [-0.1, -0.05) is 38.1 Å². The number of likely N-dealkylation sites (N-methyl/N-ethyl adjacent to an activating group) is 1. The molecule has 0 bridgehead atoms. The van der Waals surface area contributed by atoms with Crippen molar-refractivity contribution in [2.45, 2.75) is 45.4 Å². The summed E-state index contributed by atoms with van der Waals surface area (Å²) < 4.78 is 5.29. The van der Waals surface area contributed by atoms with Crippen molar-refractivity contribution in [1.29, 1.82) is 0 Å². The van der Waals surface area contributed by atoms with Crippen molar-refractivity contribution in [3.63, 3.8) is 0 Å². The van der Waals surface area contributed by atoms with Gasteiger partial charge in [0.15, 0.2) is 5.82 Å². The van der Waals surface area contributed by atoms with Crippen molar-refractivity contribution in [1.82, 2.24) is 15.0 Å². The van der Waals surface area contributed by atoms with Crippen molar-refractivity contribution in [3.8, 4) is 0 Å². The van der Waals surface area contributed by atoms with Crippen molar-refractivity contribution < 1.29 is 9.32 Å². The van der Waals surface area contributed by atoms with E-state index in [9.17, 15) is 4.79 Å². The molecule has 7 heteroatoms. The molecular formula is C19H28N4O2S. The largest absolute Gasteiger partial charge is 0.338 e. The Labute approximate surface area is 159 Å². The summed E-state index contributed by atoms with van der Waals surface area (Å²) >= 11 is 1.77. The average Bonchev–Trinajstić information content (AvgIpc) is 3.03. The molecule has 1 unspecified atom stereocenters. The highest BCUT2D eigenvalue weighted by atomic mass is 32.2. The van der Waals surface area contributed by atoms with Crippen molar-refractivity contribution in [2.24, 2.45) is 0 Å². The molecule has 0 saturated carbocycles. The zero-order valence-corrected chi connectivity index (χ0v) is 17.0. The summed E-state index contributed by atoms with van der Waals surface area (Å²) in [5.74, 6) is 2.64. The number of anilines is 1. The van der Waals surface area contributed by atoms with E-state index in [1.54, 1.807) is 11.8 Å². The molecule has 142 valence electrons. The lowest BCUT2D eigenvalue weighted by Gasteiger charge is -2.14. The molecule has 0 saturated heterocycles. The molecule has 2 rings (SSSR count). The van der Waals surface area contributed by atoms with E-state index < -0.39 is 0 Å². The Bertz CT molecular complexity index is 700. The van der Waals surface area contributed by atoms with Crippen molar-refractivity contribution in [3.05, 3.63) is 41.5 Å². The lowest BCUT2D eigenvalue weighted by Crippen LogP contribution is -2.29. The van der Waals surface area contributed by atoms with E-state index >= 15 is 0 Å². The van der Waals surface area contributed by atoms with Gasteiger partial charge in [-0.05, 0) is 43.3 Å². The number of hydrogen-bond donors (Lipinski definition) is 1. The number of nitrogens with zero attached hydrogens (tertiary/aromatic N) is 3. The average molecular weight is 377 g/mol. The third kappa shape index (κ3) is 6.14. The van der Waals surface area contributed by atoms with E-state index in [1.165, 1.54) is 5.56 Å². The maximum atomic E-state index is 12.2.